The first-order chi connectivity index (χ1) is 9.38. The van der Waals surface area contributed by atoms with Crippen molar-refractivity contribution in [3.63, 3.8) is 0 Å². The van der Waals surface area contributed by atoms with Crippen LogP contribution in [0.3, 0.4) is 0 Å². The van der Waals surface area contributed by atoms with Gasteiger partial charge in [0.1, 0.15) is 6.61 Å². The van der Waals surface area contributed by atoms with E-state index in [-0.39, 0.29) is 0 Å². The molecule has 0 saturated heterocycles. The Balaban J connectivity index is 2.20. The fourth-order valence-electron chi connectivity index (χ4n) is 2.27. The van der Waals surface area contributed by atoms with E-state index in [1.165, 1.54) is 21.5 Å². The molecule has 3 rings (SSSR count). The van der Waals surface area contributed by atoms with Gasteiger partial charge in [-0.2, -0.15) is 0 Å². The van der Waals surface area contributed by atoms with E-state index in [1.54, 1.807) is 6.21 Å². The highest BCUT2D eigenvalue weighted by Gasteiger charge is 2.01. The minimum absolute atomic E-state index is 0.587. The lowest BCUT2D eigenvalue weighted by atomic mass is 10.0. The van der Waals surface area contributed by atoms with Gasteiger partial charge in [0.2, 0.25) is 0 Å². The Bertz CT molecular complexity index is 746. The smallest absolute Gasteiger partial charge is 0.114 e. The Morgan fingerprint density at radius 2 is 1.68 bits per heavy atom. The molecule has 3 aromatic carbocycles. The van der Waals surface area contributed by atoms with E-state index in [0.717, 1.165) is 5.56 Å². The van der Waals surface area contributed by atoms with E-state index in [4.69, 9.17) is 4.84 Å². The zero-order chi connectivity index (χ0) is 13.1. The highest BCUT2D eigenvalue weighted by atomic mass is 16.6. The molecule has 0 bridgehead atoms. The number of hydrogen-bond donors (Lipinski definition) is 0. The van der Waals surface area contributed by atoms with Gasteiger partial charge in [0.05, 0.1) is 6.21 Å². The van der Waals surface area contributed by atoms with Crippen molar-refractivity contribution in [1.82, 2.24) is 0 Å². The molecule has 0 N–H and O–H groups in total. The summed E-state index contributed by atoms with van der Waals surface area (Å²) in [7, 11) is 0. The highest BCUT2D eigenvalue weighted by Crippen LogP contribution is 2.24. The summed E-state index contributed by atoms with van der Waals surface area (Å²) in [6.07, 6.45) is 1.78. The Morgan fingerprint density at radius 3 is 2.47 bits per heavy atom. The van der Waals surface area contributed by atoms with Crippen LogP contribution in [0.4, 0.5) is 0 Å². The number of benzene rings is 3. The fourth-order valence-corrected chi connectivity index (χ4v) is 2.27. The van der Waals surface area contributed by atoms with Crippen molar-refractivity contribution in [2.45, 2.75) is 6.92 Å². The van der Waals surface area contributed by atoms with E-state index in [0.29, 0.717) is 6.61 Å². The lowest BCUT2D eigenvalue weighted by Gasteiger charge is -2.05. The summed E-state index contributed by atoms with van der Waals surface area (Å²) in [5.74, 6) is 0. The first-order valence-corrected chi connectivity index (χ1v) is 6.45. The topological polar surface area (TPSA) is 21.6 Å². The molecule has 0 fully saturated rings. The van der Waals surface area contributed by atoms with Crippen LogP contribution in [0.1, 0.15) is 12.5 Å². The normalized spacial score (nSPS) is 11.4. The molecule has 2 heteroatoms. The number of hydrogen-bond acceptors (Lipinski definition) is 2. The molecule has 0 heterocycles. The molecule has 0 aliphatic carbocycles. The molecular weight excluding hydrogens is 234 g/mol. The SMILES string of the molecule is CCON=Cc1cccc2cc3ccccc3cc12. The second kappa shape index (κ2) is 5.11. The number of nitrogens with zero attached hydrogens (tertiary/aromatic N) is 1. The minimum Gasteiger partial charge on any atom is -0.396 e. The first-order valence-electron chi connectivity index (χ1n) is 6.45. The summed E-state index contributed by atoms with van der Waals surface area (Å²) in [5.41, 5.74) is 1.08. The van der Waals surface area contributed by atoms with Crippen LogP contribution in [-0.4, -0.2) is 12.8 Å². The van der Waals surface area contributed by atoms with Gasteiger partial charge >= 0.3 is 0 Å². The summed E-state index contributed by atoms with van der Waals surface area (Å²) in [4.78, 5) is 5.04. The van der Waals surface area contributed by atoms with Crippen molar-refractivity contribution >= 4 is 27.8 Å². The van der Waals surface area contributed by atoms with Crippen LogP contribution in [-0.2, 0) is 4.84 Å². The fraction of sp³-hybridized carbons (Fsp3) is 0.118. The second-order valence-electron chi connectivity index (χ2n) is 4.42. The third-order valence-corrected chi connectivity index (χ3v) is 3.18. The summed E-state index contributed by atoms with van der Waals surface area (Å²) in [6.45, 7) is 2.51. The molecule has 0 aromatic heterocycles. The van der Waals surface area contributed by atoms with Gasteiger partial charge in [0.25, 0.3) is 0 Å². The van der Waals surface area contributed by atoms with Crippen LogP contribution in [0.5, 0.6) is 0 Å². The van der Waals surface area contributed by atoms with E-state index >= 15 is 0 Å². The van der Waals surface area contributed by atoms with Crippen LogP contribution in [0, 0.1) is 0 Å². The standard InChI is InChI=1S/C17H15NO/c1-2-19-18-12-16-9-5-8-15-10-13-6-3-4-7-14(13)11-17(15)16/h3-12H,2H2,1H3. The molecular formula is C17H15NO. The van der Waals surface area contributed by atoms with Gasteiger partial charge in [0, 0.05) is 5.56 Å². The number of oxime groups is 1. The Kier molecular flexibility index (Phi) is 3.15. The van der Waals surface area contributed by atoms with Gasteiger partial charge in [-0.3, -0.25) is 0 Å². The van der Waals surface area contributed by atoms with Crippen molar-refractivity contribution in [3.8, 4) is 0 Å². The molecule has 0 amide bonds. The van der Waals surface area contributed by atoms with Gasteiger partial charge in [0.15, 0.2) is 0 Å². The van der Waals surface area contributed by atoms with E-state index in [1.807, 2.05) is 13.0 Å². The van der Waals surface area contributed by atoms with E-state index in [2.05, 4.69) is 53.7 Å². The molecule has 0 atom stereocenters. The van der Waals surface area contributed by atoms with Crippen LogP contribution in [0.15, 0.2) is 59.8 Å². The van der Waals surface area contributed by atoms with Crippen LogP contribution < -0.4 is 0 Å². The highest BCUT2D eigenvalue weighted by molar-refractivity contribution is 6.05. The van der Waals surface area contributed by atoms with Crippen LogP contribution in [0.25, 0.3) is 21.5 Å². The number of fused-ring (bicyclic) bond motifs is 2. The molecule has 94 valence electrons. The first kappa shape index (κ1) is 11.7. The molecule has 19 heavy (non-hydrogen) atoms. The summed E-state index contributed by atoms with van der Waals surface area (Å²) >= 11 is 0. The average Bonchev–Trinajstić information content (AvgIpc) is 2.46. The van der Waals surface area contributed by atoms with Gasteiger partial charge < -0.3 is 4.84 Å². The monoisotopic (exact) mass is 249 g/mol. The van der Waals surface area contributed by atoms with Gasteiger partial charge in [-0.1, -0.05) is 47.6 Å². The van der Waals surface area contributed by atoms with Crippen LogP contribution in [0.2, 0.25) is 0 Å². The molecule has 3 aromatic rings. The van der Waals surface area contributed by atoms with Crippen molar-refractivity contribution in [2.24, 2.45) is 5.16 Å². The Hall–Kier alpha value is -2.35. The molecule has 0 unspecified atom stereocenters. The molecule has 0 saturated carbocycles. The molecule has 0 aliphatic rings. The third kappa shape index (κ3) is 2.29. The molecule has 2 nitrogen and oxygen atoms in total. The lowest BCUT2D eigenvalue weighted by molar-refractivity contribution is 0.160. The zero-order valence-corrected chi connectivity index (χ0v) is 10.8. The summed E-state index contributed by atoms with van der Waals surface area (Å²) < 4.78 is 0. The Morgan fingerprint density at radius 1 is 0.947 bits per heavy atom. The van der Waals surface area contributed by atoms with Gasteiger partial charge in [-0.05, 0) is 40.6 Å². The Labute approximate surface area is 112 Å². The van der Waals surface area contributed by atoms with Crippen molar-refractivity contribution < 1.29 is 4.84 Å². The zero-order valence-electron chi connectivity index (χ0n) is 10.8. The number of rotatable bonds is 3. The quantitative estimate of drug-likeness (QED) is 0.384. The predicted molar refractivity (Wildman–Crippen MR) is 80.7 cm³/mol. The second-order valence-corrected chi connectivity index (χ2v) is 4.42. The molecule has 0 aliphatic heterocycles. The summed E-state index contributed by atoms with van der Waals surface area (Å²) in [6, 6.07) is 19.0. The third-order valence-electron chi connectivity index (χ3n) is 3.18. The molecule has 0 radical (unpaired) electrons. The maximum atomic E-state index is 5.04. The van der Waals surface area contributed by atoms with E-state index in [9.17, 15) is 0 Å². The minimum atomic E-state index is 0.587. The maximum absolute atomic E-state index is 5.04. The van der Waals surface area contributed by atoms with E-state index < -0.39 is 0 Å². The largest absolute Gasteiger partial charge is 0.396 e. The predicted octanol–water partition coefficient (Wildman–Crippen LogP) is 4.36. The van der Waals surface area contributed by atoms with Crippen molar-refractivity contribution in [2.75, 3.05) is 6.61 Å². The van der Waals surface area contributed by atoms with Gasteiger partial charge in [-0.15, -0.1) is 0 Å². The average molecular weight is 249 g/mol. The maximum Gasteiger partial charge on any atom is 0.114 e. The van der Waals surface area contributed by atoms with Gasteiger partial charge in [-0.25, -0.2) is 0 Å². The van der Waals surface area contributed by atoms with Crippen LogP contribution >= 0.6 is 0 Å². The molecule has 0 spiro atoms. The lowest BCUT2D eigenvalue weighted by Crippen LogP contribution is -1.87. The summed E-state index contributed by atoms with van der Waals surface area (Å²) in [5, 5.41) is 8.89. The van der Waals surface area contributed by atoms with Crippen molar-refractivity contribution in [3.05, 3.63) is 60.2 Å². The van der Waals surface area contributed by atoms with Crippen molar-refractivity contribution in [1.29, 1.82) is 0 Å².